The topological polar surface area (TPSA) is 143 Å². The Morgan fingerprint density at radius 2 is 1.75 bits per heavy atom. The molecular formula is C18H30N2O8. The second kappa shape index (κ2) is 11.7. The van der Waals surface area contributed by atoms with Crippen molar-refractivity contribution in [2.75, 3.05) is 19.8 Å². The number of nitrogens with two attached hydrogens (primary N) is 1. The average molecular weight is 402 g/mol. The Kier molecular flexibility index (Phi) is 10.0. The van der Waals surface area contributed by atoms with Crippen LogP contribution in [0.2, 0.25) is 0 Å². The highest BCUT2D eigenvalue weighted by Gasteiger charge is 2.47. The Morgan fingerprint density at radius 3 is 2.29 bits per heavy atom. The second-order valence-corrected chi connectivity index (χ2v) is 6.70. The molecule has 3 N–H and O–H groups in total. The number of ether oxygens (including phenoxy) is 4. The lowest BCUT2D eigenvalue weighted by Gasteiger charge is -2.44. The fourth-order valence-electron chi connectivity index (χ4n) is 2.99. The quantitative estimate of drug-likeness (QED) is 0.469. The predicted octanol–water partition coefficient (Wildman–Crippen LogP) is -0.328. The van der Waals surface area contributed by atoms with Crippen molar-refractivity contribution in [3.8, 4) is 0 Å². The van der Waals surface area contributed by atoms with Crippen LogP contribution in [0.15, 0.2) is 0 Å². The summed E-state index contributed by atoms with van der Waals surface area (Å²) in [4.78, 5) is 45.9. The van der Waals surface area contributed by atoms with E-state index in [9.17, 15) is 19.2 Å². The van der Waals surface area contributed by atoms with Crippen LogP contribution in [0.5, 0.6) is 0 Å². The molecular weight excluding hydrogens is 372 g/mol. The van der Waals surface area contributed by atoms with Gasteiger partial charge >= 0.3 is 11.9 Å². The summed E-state index contributed by atoms with van der Waals surface area (Å²) in [6, 6.07) is -0.625. The molecule has 2 unspecified atom stereocenters. The summed E-state index contributed by atoms with van der Waals surface area (Å²) in [7, 11) is 0. The summed E-state index contributed by atoms with van der Waals surface area (Å²) < 4.78 is 21.9. The van der Waals surface area contributed by atoms with Crippen molar-refractivity contribution in [3.63, 3.8) is 0 Å². The molecule has 1 aliphatic heterocycles. The van der Waals surface area contributed by atoms with Gasteiger partial charge in [0.05, 0.1) is 12.6 Å². The Morgan fingerprint density at radius 1 is 1.07 bits per heavy atom. The molecule has 1 saturated heterocycles. The van der Waals surface area contributed by atoms with E-state index < -0.39 is 42.4 Å². The number of esters is 2. The van der Waals surface area contributed by atoms with Gasteiger partial charge in [0.2, 0.25) is 5.91 Å². The van der Waals surface area contributed by atoms with Crippen LogP contribution in [-0.4, -0.2) is 67.9 Å². The van der Waals surface area contributed by atoms with Gasteiger partial charge in [0, 0.05) is 39.5 Å². The van der Waals surface area contributed by atoms with E-state index in [-0.39, 0.29) is 44.3 Å². The van der Waals surface area contributed by atoms with E-state index in [0.717, 1.165) is 0 Å². The highest BCUT2D eigenvalue weighted by Crippen LogP contribution is 2.29. The van der Waals surface area contributed by atoms with Crippen molar-refractivity contribution >= 4 is 23.6 Å². The number of amides is 1. The van der Waals surface area contributed by atoms with E-state index in [0.29, 0.717) is 0 Å². The standard InChI is InChI=1S/C18H30N2O8/c1-10-16(20-11(2)21)18(25-8-6-14(24)5-7-19)28-15(9-26-12(3)22)17(10)27-13(4)23/h10,15-18H,5-9,19H2,1-4H3,(H,20,21)/t10-,15?,16?,17-,18-/m1/s1. The summed E-state index contributed by atoms with van der Waals surface area (Å²) in [5.41, 5.74) is 5.35. The fourth-order valence-corrected chi connectivity index (χ4v) is 2.99. The average Bonchev–Trinajstić information content (AvgIpc) is 2.58. The van der Waals surface area contributed by atoms with Crippen molar-refractivity contribution in [1.29, 1.82) is 0 Å². The molecule has 10 nitrogen and oxygen atoms in total. The van der Waals surface area contributed by atoms with Crippen LogP contribution in [0.1, 0.15) is 40.5 Å². The zero-order valence-corrected chi connectivity index (χ0v) is 16.8. The first-order valence-electron chi connectivity index (χ1n) is 9.22. The third kappa shape index (κ3) is 7.91. The van der Waals surface area contributed by atoms with Gasteiger partial charge in [-0.05, 0) is 6.54 Å². The Bertz CT molecular complexity index is 566. The molecule has 0 aromatic heterocycles. The molecule has 1 fully saturated rings. The van der Waals surface area contributed by atoms with Crippen LogP contribution < -0.4 is 11.1 Å². The van der Waals surface area contributed by atoms with E-state index in [1.807, 2.05) is 0 Å². The number of hydrogen-bond acceptors (Lipinski definition) is 9. The highest BCUT2D eigenvalue weighted by molar-refractivity contribution is 5.78. The van der Waals surface area contributed by atoms with Crippen molar-refractivity contribution in [2.24, 2.45) is 11.7 Å². The van der Waals surface area contributed by atoms with Crippen LogP contribution >= 0.6 is 0 Å². The number of nitrogens with one attached hydrogen (secondary N) is 1. The largest absolute Gasteiger partial charge is 0.463 e. The maximum absolute atomic E-state index is 11.6. The van der Waals surface area contributed by atoms with Crippen LogP contribution in [-0.2, 0) is 38.1 Å². The molecule has 5 atom stereocenters. The van der Waals surface area contributed by atoms with Crippen molar-refractivity contribution in [2.45, 2.75) is 65.1 Å². The highest BCUT2D eigenvalue weighted by atomic mass is 16.7. The van der Waals surface area contributed by atoms with E-state index >= 15 is 0 Å². The lowest BCUT2D eigenvalue weighted by atomic mass is 9.88. The van der Waals surface area contributed by atoms with Crippen molar-refractivity contribution < 1.29 is 38.1 Å². The summed E-state index contributed by atoms with van der Waals surface area (Å²) in [5.74, 6) is -1.79. The molecule has 0 saturated carbocycles. The van der Waals surface area contributed by atoms with Gasteiger partial charge in [-0.25, -0.2) is 0 Å². The number of hydrogen-bond donors (Lipinski definition) is 2. The third-order valence-electron chi connectivity index (χ3n) is 4.26. The fraction of sp³-hybridized carbons (Fsp3) is 0.778. The molecule has 0 aromatic rings. The molecule has 0 bridgehead atoms. The summed E-state index contributed by atoms with van der Waals surface area (Å²) in [6.07, 6.45) is -2.04. The van der Waals surface area contributed by atoms with Gasteiger partial charge < -0.3 is 30.0 Å². The zero-order chi connectivity index (χ0) is 21.3. The minimum Gasteiger partial charge on any atom is -0.463 e. The smallest absolute Gasteiger partial charge is 0.303 e. The molecule has 28 heavy (non-hydrogen) atoms. The summed E-state index contributed by atoms with van der Waals surface area (Å²) in [5, 5.41) is 2.74. The Hall–Kier alpha value is -2.04. The maximum Gasteiger partial charge on any atom is 0.303 e. The molecule has 0 radical (unpaired) electrons. The second-order valence-electron chi connectivity index (χ2n) is 6.70. The van der Waals surface area contributed by atoms with Gasteiger partial charge in [0.25, 0.3) is 0 Å². The lowest BCUT2D eigenvalue weighted by Crippen LogP contribution is -2.62. The van der Waals surface area contributed by atoms with Gasteiger partial charge in [-0.3, -0.25) is 19.2 Å². The first kappa shape index (κ1) is 24.0. The zero-order valence-electron chi connectivity index (χ0n) is 16.8. The van der Waals surface area contributed by atoms with Crippen LogP contribution in [0.3, 0.4) is 0 Å². The number of carbonyl (C=O) groups is 4. The van der Waals surface area contributed by atoms with Crippen LogP contribution in [0.4, 0.5) is 0 Å². The first-order chi connectivity index (χ1) is 13.1. The normalized spacial score (nSPS) is 27.0. The van der Waals surface area contributed by atoms with Crippen molar-refractivity contribution in [3.05, 3.63) is 0 Å². The Labute approximate surface area is 164 Å². The Balaban J connectivity index is 2.92. The number of Topliss-reactive ketones (excluding diaryl/α,β-unsaturated/α-hetero) is 1. The third-order valence-corrected chi connectivity index (χ3v) is 4.26. The molecule has 0 spiro atoms. The monoisotopic (exact) mass is 402 g/mol. The van der Waals surface area contributed by atoms with Crippen molar-refractivity contribution in [1.82, 2.24) is 5.32 Å². The molecule has 1 rings (SSSR count). The summed E-state index contributed by atoms with van der Waals surface area (Å²) in [6.45, 7) is 5.83. The molecule has 0 aliphatic carbocycles. The predicted molar refractivity (Wildman–Crippen MR) is 96.9 cm³/mol. The van der Waals surface area contributed by atoms with E-state index in [4.69, 9.17) is 24.7 Å². The molecule has 1 aliphatic rings. The minimum absolute atomic E-state index is 0.0447. The molecule has 1 amide bonds. The molecule has 1 heterocycles. The molecule has 160 valence electrons. The number of ketones is 1. The van der Waals surface area contributed by atoms with Gasteiger partial charge in [-0.15, -0.1) is 0 Å². The maximum atomic E-state index is 11.6. The lowest BCUT2D eigenvalue weighted by molar-refractivity contribution is -0.262. The first-order valence-corrected chi connectivity index (χ1v) is 9.22. The number of rotatable bonds is 10. The van der Waals surface area contributed by atoms with Crippen LogP contribution in [0.25, 0.3) is 0 Å². The summed E-state index contributed by atoms with van der Waals surface area (Å²) >= 11 is 0. The molecule has 0 aromatic carbocycles. The van der Waals surface area contributed by atoms with Crippen LogP contribution in [0, 0.1) is 5.92 Å². The van der Waals surface area contributed by atoms with E-state index in [1.54, 1.807) is 6.92 Å². The van der Waals surface area contributed by atoms with Gasteiger partial charge in [0.15, 0.2) is 6.29 Å². The van der Waals surface area contributed by atoms with Gasteiger partial charge in [0.1, 0.15) is 24.6 Å². The van der Waals surface area contributed by atoms with E-state index in [2.05, 4.69) is 5.32 Å². The van der Waals surface area contributed by atoms with Gasteiger partial charge in [-0.2, -0.15) is 0 Å². The minimum atomic E-state index is -0.906. The van der Waals surface area contributed by atoms with Gasteiger partial charge in [-0.1, -0.05) is 6.92 Å². The molecule has 10 heteroatoms. The van der Waals surface area contributed by atoms with E-state index in [1.165, 1.54) is 20.8 Å². The SMILES string of the molecule is CC(=O)NC1[C@H](OCCC(=O)CCN)OC(COC(C)=O)[C@H](OC(C)=O)[C@@H]1C. The number of carbonyl (C=O) groups excluding carboxylic acids is 4.